The lowest BCUT2D eigenvalue weighted by molar-refractivity contribution is -0.114. The van der Waals surface area contributed by atoms with Crippen LogP contribution < -0.4 is 10.6 Å². The number of hydrogen-bond donors (Lipinski definition) is 2. The number of ether oxygens (including phenoxy) is 1. The van der Waals surface area contributed by atoms with Gasteiger partial charge in [0, 0.05) is 32.3 Å². The number of carbonyl (C=O) groups is 1. The van der Waals surface area contributed by atoms with E-state index >= 15 is 0 Å². The summed E-state index contributed by atoms with van der Waals surface area (Å²) in [4.78, 5) is 11.0. The summed E-state index contributed by atoms with van der Waals surface area (Å²) in [5.74, 6) is -0.0493. The molecule has 0 atom stereocenters. The van der Waals surface area contributed by atoms with E-state index in [-0.39, 0.29) is 5.91 Å². The number of amides is 1. The topological polar surface area (TPSA) is 50.4 Å². The van der Waals surface area contributed by atoms with Gasteiger partial charge in [-0.05, 0) is 18.6 Å². The second kappa shape index (κ2) is 7.81. The van der Waals surface area contributed by atoms with Gasteiger partial charge in [0.1, 0.15) is 0 Å². The molecule has 0 saturated heterocycles. The molecule has 1 aromatic rings. The van der Waals surface area contributed by atoms with Gasteiger partial charge in [-0.3, -0.25) is 4.79 Å². The van der Waals surface area contributed by atoms with Gasteiger partial charge in [-0.2, -0.15) is 0 Å². The van der Waals surface area contributed by atoms with Gasteiger partial charge in [-0.1, -0.05) is 18.2 Å². The molecule has 0 spiro atoms. The normalized spacial score (nSPS) is 10.2. The zero-order valence-electron chi connectivity index (χ0n) is 10.5. The molecule has 0 aromatic heterocycles. The van der Waals surface area contributed by atoms with Crippen molar-refractivity contribution in [1.29, 1.82) is 0 Å². The highest BCUT2D eigenvalue weighted by atomic mass is 16.5. The average Bonchev–Trinajstić information content (AvgIpc) is 2.30. The van der Waals surface area contributed by atoms with Crippen molar-refractivity contribution in [1.82, 2.24) is 5.32 Å². The molecule has 17 heavy (non-hydrogen) atoms. The molecule has 0 radical (unpaired) electrons. The largest absolute Gasteiger partial charge is 0.380 e. The van der Waals surface area contributed by atoms with Crippen LogP contribution in [0.25, 0.3) is 0 Å². The Morgan fingerprint density at radius 2 is 2.12 bits per heavy atom. The van der Waals surface area contributed by atoms with Crippen LogP contribution in [0.4, 0.5) is 5.69 Å². The maximum atomic E-state index is 11.0. The van der Waals surface area contributed by atoms with Crippen LogP contribution in [-0.2, 0) is 16.1 Å². The Morgan fingerprint density at radius 1 is 1.35 bits per heavy atom. The lowest BCUT2D eigenvalue weighted by Crippen LogP contribution is -2.20. The molecular formula is C13H20N2O2. The lowest BCUT2D eigenvalue weighted by Gasteiger charge is -2.10. The van der Waals surface area contributed by atoms with Gasteiger partial charge in [-0.15, -0.1) is 0 Å². The summed E-state index contributed by atoms with van der Waals surface area (Å²) >= 11 is 0. The third-order valence-electron chi connectivity index (χ3n) is 2.27. The van der Waals surface area contributed by atoms with Crippen LogP contribution in [0.15, 0.2) is 24.3 Å². The fraction of sp³-hybridized carbons (Fsp3) is 0.462. The van der Waals surface area contributed by atoms with Gasteiger partial charge in [0.25, 0.3) is 0 Å². The molecule has 0 aliphatic carbocycles. The van der Waals surface area contributed by atoms with Crippen molar-refractivity contribution >= 4 is 11.6 Å². The van der Waals surface area contributed by atoms with E-state index in [9.17, 15) is 4.79 Å². The molecule has 4 heteroatoms. The number of hydrogen-bond acceptors (Lipinski definition) is 3. The molecule has 0 fully saturated rings. The van der Waals surface area contributed by atoms with Gasteiger partial charge in [0.2, 0.25) is 5.91 Å². The van der Waals surface area contributed by atoms with Gasteiger partial charge >= 0.3 is 0 Å². The van der Waals surface area contributed by atoms with E-state index in [1.165, 1.54) is 6.92 Å². The second-order valence-corrected chi connectivity index (χ2v) is 3.71. The zero-order valence-corrected chi connectivity index (χ0v) is 10.5. The second-order valence-electron chi connectivity index (χ2n) is 3.71. The summed E-state index contributed by atoms with van der Waals surface area (Å²) < 4.78 is 5.23. The van der Waals surface area contributed by atoms with E-state index in [0.29, 0.717) is 6.61 Å². The number of nitrogens with one attached hydrogen (secondary N) is 2. The van der Waals surface area contributed by atoms with E-state index in [0.717, 1.165) is 30.9 Å². The van der Waals surface area contributed by atoms with Crippen LogP contribution in [0.3, 0.4) is 0 Å². The summed E-state index contributed by atoms with van der Waals surface area (Å²) in [6.07, 6.45) is 0. The Balaban J connectivity index is 2.43. The van der Waals surface area contributed by atoms with E-state index in [2.05, 4.69) is 10.6 Å². The first-order valence-corrected chi connectivity index (χ1v) is 5.88. The fourth-order valence-electron chi connectivity index (χ4n) is 1.50. The van der Waals surface area contributed by atoms with Crippen LogP contribution in [0, 0.1) is 0 Å². The maximum absolute atomic E-state index is 11.0. The van der Waals surface area contributed by atoms with Gasteiger partial charge in [-0.25, -0.2) is 0 Å². The molecule has 0 unspecified atom stereocenters. The van der Waals surface area contributed by atoms with E-state index in [1.807, 2.05) is 31.2 Å². The van der Waals surface area contributed by atoms with Gasteiger partial charge < -0.3 is 15.4 Å². The van der Waals surface area contributed by atoms with Crippen LogP contribution in [-0.4, -0.2) is 25.7 Å². The van der Waals surface area contributed by atoms with Crippen molar-refractivity contribution in [2.75, 3.05) is 25.1 Å². The molecule has 4 nitrogen and oxygen atoms in total. The van der Waals surface area contributed by atoms with Crippen molar-refractivity contribution in [2.45, 2.75) is 20.4 Å². The average molecular weight is 236 g/mol. The first-order valence-electron chi connectivity index (χ1n) is 5.88. The number of anilines is 1. The molecule has 94 valence electrons. The summed E-state index contributed by atoms with van der Waals surface area (Å²) in [5.41, 5.74) is 1.95. The summed E-state index contributed by atoms with van der Waals surface area (Å²) in [6, 6.07) is 7.78. The Kier molecular flexibility index (Phi) is 6.29. The van der Waals surface area contributed by atoms with Crippen LogP contribution in [0.5, 0.6) is 0 Å². The zero-order chi connectivity index (χ0) is 12.5. The van der Waals surface area contributed by atoms with E-state index in [4.69, 9.17) is 4.74 Å². The van der Waals surface area contributed by atoms with Crippen LogP contribution >= 0.6 is 0 Å². The quantitative estimate of drug-likeness (QED) is 0.709. The molecule has 0 heterocycles. The molecule has 2 N–H and O–H groups in total. The minimum Gasteiger partial charge on any atom is -0.380 e. The summed E-state index contributed by atoms with van der Waals surface area (Å²) in [6.45, 7) is 6.47. The number of carbonyl (C=O) groups excluding carboxylic acids is 1. The standard InChI is InChI=1S/C13H20N2O2/c1-3-17-9-8-14-10-12-6-4-5-7-13(12)15-11(2)16/h4-7,14H,3,8-10H2,1-2H3,(H,15,16). The Bertz CT molecular complexity index is 353. The minimum atomic E-state index is -0.0493. The molecule has 1 rings (SSSR count). The Morgan fingerprint density at radius 3 is 2.82 bits per heavy atom. The monoisotopic (exact) mass is 236 g/mol. The van der Waals surface area contributed by atoms with Gasteiger partial charge in [0.15, 0.2) is 0 Å². The third-order valence-corrected chi connectivity index (χ3v) is 2.27. The molecule has 0 saturated carbocycles. The Hall–Kier alpha value is -1.39. The molecule has 1 aromatic carbocycles. The van der Waals surface area contributed by atoms with Crippen molar-refractivity contribution in [2.24, 2.45) is 0 Å². The minimum absolute atomic E-state index is 0.0493. The van der Waals surface area contributed by atoms with Crippen molar-refractivity contribution in [3.8, 4) is 0 Å². The maximum Gasteiger partial charge on any atom is 0.221 e. The van der Waals surface area contributed by atoms with E-state index in [1.54, 1.807) is 0 Å². The number of para-hydroxylation sites is 1. The Labute approximate surface area is 102 Å². The lowest BCUT2D eigenvalue weighted by atomic mass is 10.1. The third kappa shape index (κ3) is 5.47. The van der Waals surface area contributed by atoms with Crippen molar-refractivity contribution in [3.63, 3.8) is 0 Å². The molecule has 0 aliphatic rings. The van der Waals surface area contributed by atoms with Crippen LogP contribution in [0.1, 0.15) is 19.4 Å². The SMILES string of the molecule is CCOCCNCc1ccccc1NC(C)=O. The molecule has 1 amide bonds. The summed E-state index contributed by atoms with van der Waals surface area (Å²) in [7, 11) is 0. The number of rotatable bonds is 7. The highest BCUT2D eigenvalue weighted by Crippen LogP contribution is 2.14. The number of benzene rings is 1. The summed E-state index contributed by atoms with van der Waals surface area (Å²) in [5, 5.41) is 6.09. The molecule has 0 bridgehead atoms. The first kappa shape index (κ1) is 13.7. The van der Waals surface area contributed by atoms with E-state index < -0.39 is 0 Å². The predicted molar refractivity (Wildman–Crippen MR) is 68.9 cm³/mol. The van der Waals surface area contributed by atoms with Crippen molar-refractivity contribution in [3.05, 3.63) is 29.8 Å². The molecule has 0 aliphatic heterocycles. The fourth-order valence-corrected chi connectivity index (χ4v) is 1.50. The highest BCUT2D eigenvalue weighted by molar-refractivity contribution is 5.89. The predicted octanol–water partition coefficient (Wildman–Crippen LogP) is 1.77. The highest BCUT2D eigenvalue weighted by Gasteiger charge is 2.02. The van der Waals surface area contributed by atoms with Gasteiger partial charge in [0.05, 0.1) is 6.61 Å². The first-order chi connectivity index (χ1) is 8.24. The van der Waals surface area contributed by atoms with Crippen LogP contribution in [0.2, 0.25) is 0 Å². The smallest absolute Gasteiger partial charge is 0.221 e. The molecular weight excluding hydrogens is 216 g/mol. The van der Waals surface area contributed by atoms with Crippen molar-refractivity contribution < 1.29 is 9.53 Å².